The maximum Gasteiger partial charge on any atom is 0.126 e. The highest BCUT2D eigenvalue weighted by atomic mass is 19.1. The van der Waals surface area contributed by atoms with Gasteiger partial charge in [0, 0.05) is 17.5 Å². The summed E-state index contributed by atoms with van der Waals surface area (Å²) in [6.07, 6.45) is 4.71. The van der Waals surface area contributed by atoms with Crippen LogP contribution < -0.4 is 14.5 Å². The van der Waals surface area contributed by atoms with Gasteiger partial charge in [0.2, 0.25) is 0 Å². The van der Waals surface area contributed by atoms with E-state index in [2.05, 4.69) is 0 Å². The Hall–Kier alpha value is -3.60. The predicted octanol–water partition coefficient (Wildman–Crippen LogP) is 5.86. The highest BCUT2D eigenvalue weighted by molar-refractivity contribution is 6.01. The number of anilines is 1. The SMILES string of the molecule is COc1ccccc1/C=C/C1=NN(c2ccc(F)cc2)[C@@H](c2ccccc2OC)C1. The van der Waals surface area contributed by atoms with Crippen molar-refractivity contribution >= 4 is 17.5 Å². The quantitative estimate of drug-likeness (QED) is 0.518. The number of hydrogen-bond acceptors (Lipinski definition) is 4. The molecule has 4 nitrogen and oxygen atoms in total. The fourth-order valence-electron chi connectivity index (χ4n) is 3.64. The third-order valence-corrected chi connectivity index (χ3v) is 5.12. The van der Waals surface area contributed by atoms with Gasteiger partial charge in [-0.25, -0.2) is 4.39 Å². The first-order chi connectivity index (χ1) is 14.7. The van der Waals surface area contributed by atoms with Gasteiger partial charge in [0.15, 0.2) is 0 Å². The van der Waals surface area contributed by atoms with Gasteiger partial charge in [-0.15, -0.1) is 0 Å². The van der Waals surface area contributed by atoms with Gasteiger partial charge in [0.1, 0.15) is 17.3 Å². The van der Waals surface area contributed by atoms with Crippen LogP contribution >= 0.6 is 0 Å². The molecule has 0 unspecified atom stereocenters. The van der Waals surface area contributed by atoms with Crippen molar-refractivity contribution in [1.29, 1.82) is 0 Å². The summed E-state index contributed by atoms with van der Waals surface area (Å²) in [5, 5.41) is 6.77. The first kappa shape index (κ1) is 19.7. The van der Waals surface area contributed by atoms with Crippen molar-refractivity contribution in [3.63, 3.8) is 0 Å². The van der Waals surface area contributed by atoms with Gasteiger partial charge in [0.25, 0.3) is 0 Å². The Labute approximate surface area is 175 Å². The topological polar surface area (TPSA) is 34.1 Å². The standard InChI is InChI=1S/C25H23FN2O2/c1-29-24-9-5-3-7-18(24)11-14-20-17-23(22-8-4-6-10-25(22)30-2)28(27-20)21-15-12-19(26)13-16-21/h3-16,23H,17H2,1-2H3/b14-11+/t23-/m1/s1. The van der Waals surface area contributed by atoms with Crippen LogP contribution in [-0.4, -0.2) is 19.9 Å². The van der Waals surface area contributed by atoms with Gasteiger partial charge in [-0.2, -0.15) is 5.10 Å². The largest absolute Gasteiger partial charge is 0.496 e. The molecule has 4 rings (SSSR count). The van der Waals surface area contributed by atoms with Gasteiger partial charge in [-0.1, -0.05) is 36.4 Å². The number of allylic oxidation sites excluding steroid dienone is 1. The molecule has 0 saturated heterocycles. The van der Waals surface area contributed by atoms with Gasteiger partial charge in [0.05, 0.1) is 31.7 Å². The second-order valence-electron chi connectivity index (χ2n) is 6.95. The van der Waals surface area contributed by atoms with E-state index >= 15 is 0 Å². The third-order valence-electron chi connectivity index (χ3n) is 5.12. The fraction of sp³-hybridized carbons (Fsp3) is 0.160. The van der Waals surface area contributed by atoms with E-state index in [0.29, 0.717) is 6.42 Å². The van der Waals surface area contributed by atoms with Crippen molar-refractivity contribution in [2.75, 3.05) is 19.2 Å². The summed E-state index contributed by atoms with van der Waals surface area (Å²) < 4.78 is 24.5. The van der Waals surface area contributed by atoms with Crippen LogP contribution in [0.2, 0.25) is 0 Å². The molecule has 5 heteroatoms. The third kappa shape index (κ3) is 4.06. The number of hydrazone groups is 1. The molecule has 0 spiro atoms. The van der Waals surface area contributed by atoms with Crippen LogP contribution in [0.15, 0.2) is 84.0 Å². The molecule has 0 amide bonds. The second-order valence-corrected chi connectivity index (χ2v) is 6.95. The minimum Gasteiger partial charge on any atom is -0.496 e. The molecule has 30 heavy (non-hydrogen) atoms. The molecule has 0 radical (unpaired) electrons. The molecule has 1 aliphatic heterocycles. The number of rotatable bonds is 6. The Balaban J connectivity index is 1.69. The van der Waals surface area contributed by atoms with Gasteiger partial charge < -0.3 is 9.47 Å². The lowest BCUT2D eigenvalue weighted by atomic mass is 9.99. The summed E-state index contributed by atoms with van der Waals surface area (Å²) in [7, 11) is 3.33. The molecular formula is C25H23FN2O2. The Kier molecular flexibility index (Phi) is 5.80. The minimum atomic E-state index is -0.271. The lowest BCUT2D eigenvalue weighted by molar-refractivity contribution is 0.405. The molecule has 0 saturated carbocycles. The summed E-state index contributed by atoms with van der Waals surface area (Å²) >= 11 is 0. The minimum absolute atomic E-state index is 0.0519. The van der Waals surface area contributed by atoms with Crippen LogP contribution in [0, 0.1) is 5.82 Å². The number of benzene rings is 3. The zero-order valence-corrected chi connectivity index (χ0v) is 17.0. The molecular weight excluding hydrogens is 379 g/mol. The lowest BCUT2D eigenvalue weighted by Crippen LogP contribution is -2.19. The molecule has 152 valence electrons. The van der Waals surface area contributed by atoms with E-state index in [1.54, 1.807) is 26.4 Å². The first-order valence-electron chi connectivity index (χ1n) is 9.76. The van der Waals surface area contributed by atoms with E-state index in [4.69, 9.17) is 14.6 Å². The Morgan fingerprint density at radius 2 is 1.53 bits per heavy atom. The fourth-order valence-corrected chi connectivity index (χ4v) is 3.64. The first-order valence-corrected chi connectivity index (χ1v) is 9.76. The van der Waals surface area contributed by atoms with E-state index in [1.807, 2.05) is 65.7 Å². The zero-order chi connectivity index (χ0) is 20.9. The van der Waals surface area contributed by atoms with Crippen molar-refractivity contribution < 1.29 is 13.9 Å². The van der Waals surface area contributed by atoms with E-state index in [1.165, 1.54) is 12.1 Å². The van der Waals surface area contributed by atoms with Crippen molar-refractivity contribution in [3.8, 4) is 11.5 Å². The zero-order valence-electron chi connectivity index (χ0n) is 17.0. The molecule has 0 bridgehead atoms. The molecule has 1 heterocycles. The lowest BCUT2D eigenvalue weighted by Gasteiger charge is -2.25. The van der Waals surface area contributed by atoms with Crippen molar-refractivity contribution in [3.05, 3.63) is 95.8 Å². The molecule has 1 aliphatic rings. The van der Waals surface area contributed by atoms with E-state index < -0.39 is 0 Å². The summed E-state index contributed by atoms with van der Waals surface area (Å²) in [6, 6.07) is 22.1. The van der Waals surface area contributed by atoms with Crippen LogP contribution in [0.25, 0.3) is 6.08 Å². The Bertz CT molecular complexity index is 1080. The number of ether oxygens (including phenoxy) is 2. The number of para-hydroxylation sites is 2. The smallest absolute Gasteiger partial charge is 0.126 e. The van der Waals surface area contributed by atoms with Crippen LogP contribution in [0.3, 0.4) is 0 Å². The highest BCUT2D eigenvalue weighted by Gasteiger charge is 2.30. The number of nitrogens with zero attached hydrogens (tertiary/aromatic N) is 2. The van der Waals surface area contributed by atoms with Gasteiger partial charge >= 0.3 is 0 Å². The molecule has 1 atom stereocenters. The van der Waals surface area contributed by atoms with Crippen molar-refractivity contribution in [1.82, 2.24) is 0 Å². The van der Waals surface area contributed by atoms with Crippen LogP contribution in [-0.2, 0) is 0 Å². The number of methoxy groups -OCH3 is 2. The van der Waals surface area contributed by atoms with E-state index in [9.17, 15) is 4.39 Å². The average molecular weight is 402 g/mol. The summed E-state index contributed by atoms with van der Waals surface area (Å²) in [5.74, 6) is 1.34. The molecule has 0 aliphatic carbocycles. The molecule has 0 fully saturated rings. The maximum atomic E-state index is 13.5. The summed E-state index contributed by atoms with van der Waals surface area (Å²) in [6.45, 7) is 0. The second kappa shape index (κ2) is 8.82. The van der Waals surface area contributed by atoms with Crippen LogP contribution in [0.5, 0.6) is 11.5 Å². The predicted molar refractivity (Wildman–Crippen MR) is 119 cm³/mol. The monoisotopic (exact) mass is 402 g/mol. The molecule has 0 N–H and O–H groups in total. The van der Waals surface area contributed by atoms with E-state index in [0.717, 1.165) is 34.0 Å². The van der Waals surface area contributed by atoms with Crippen molar-refractivity contribution in [2.24, 2.45) is 5.10 Å². The summed E-state index contributed by atoms with van der Waals surface area (Å²) in [4.78, 5) is 0. The molecule has 3 aromatic rings. The highest BCUT2D eigenvalue weighted by Crippen LogP contribution is 2.39. The van der Waals surface area contributed by atoms with E-state index in [-0.39, 0.29) is 11.9 Å². The van der Waals surface area contributed by atoms with Gasteiger partial charge in [-0.3, -0.25) is 5.01 Å². The average Bonchev–Trinajstić information content (AvgIpc) is 3.22. The van der Waals surface area contributed by atoms with Crippen molar-refractivity contribution in [2.45, 2.75) is 12.5 Å². The Morgan fingerprint density at radius 3 is 2.27 bits per heavy atom. The molecule has 0 aromatic heterocycles. The number of halogens is 1. The van der Waals surface area contributed by atoms with Crippen LogP contribution in [0.4, 0.5) is 10.1 Å². The summed E-state index contributed by atoms with van der Waals surface area (Å²) in [5.41, 5.74) is 3.76. The Morgan fingerprint density at radius 1 is 0.867 bits per heavy atom. The van der Waals surface area contributed by atoms with Crippen LogP contribution in [0.1, 0.15) is 23.6 Å². The molecule has 3 aromatic carbocycles. The normalized spacial score (nSPS) is 16.0. The number of hydrogen-bond donors (Lipinski definition) is 0. The van der Waals surface area contributed by atoms with Gasteiger partial charge in [-0.05, 0) is 48.6 Å². The maximum absolute atomic E-state index is 13.5.